The minimum Gasteiger partial charge on any atom is -0.449 e. The molecule has 0 aromatic carbocycles. The van der Waals surface area contributed by atoms with Crippen LogP contribution in [0.2, 0.25) is 0 Å². The second kappa shape index (κ2) is 10.4. The van der Waals surface area contributed by atoms with Gasteiger partial charge in [-0.25, -0.2) is 4.79 Å². The van der Waals surface area contributed by atoms with Crippen molar-refractivity contribution in [2.45, 2.75) is 33.8 Å². The van der Waals surface area contributed by atoms with Crippen LogP contribution < -0.4 is 5.32 Å². The van der Waals surface area contributed by atoms with E-state index in [1.165, 1.54) is 0 Å². The van der Waals surface area contributed by atoms with Gasteiger partial charge in [0.15, 0.2) is 0 Å². The zero-order chi connectivity index (χ0) is 13.1. The largest absolute Gasteiger partial charge is 0.449 e. The van der Waals surface area contributed by atoms with Crippen molar-refractivity contribution in [2.24, 2.45) is 5.92 Å². The molecule has 1 amide bonds. The van der Waals surface area contributed by atoms with Crippen molar-refractivity contribution in [1.82, 2.24) is 5.32 Å². The minimum absolute atomic E-state index is 0.225. The maximum Gasteiger partial charge on any atom is 0.407 e. The molecule has 1 N–H and O–H groups in total. The maximum absolute atomic E-state index is 11.1. The van der Waals surface area contributed by atoms with Crippen LogP contribution in [0.4, 0.5) is 4.79 Å². The van der Waals surface area contributed by atoms with E-state index in [4.69, 9.17) is 14.2 Å². The van der Waals surface area contributed by atoms with Crippen molar-refractivity contribution in [3.63, 3.8) is 0 Å². The number of ether oxygens (including phenoxy) is 3. The number of carbonyl (C=O) groups excluding carboxylic acids is 1. The van der Waals surface area contributed by atoms with Gasteiger partial charge in [0.2, 0.25) is 0 Å². The molecule has 0 fully saturated rings. The first-order chi connectivity index (χ1) is 8.02. The molecule has 0 saturated heterocycles. The van der Waals surface area contributed by atoms with Crippen molar-refractivity contribution in [1.29, 1.82) is 0 Å². The second-order valence-corrected chi connectivity index (χ2v) is 4.45. The summed E-state index contributed by atoms with van der Waals surface area (Å²) in [5.41, 5.74) is 0. The van der Waals surface area contributed by atoms with E-state index >= 15 is 0 Å². The Morgan fingerprint density at radius 2 is 1.82 bits per heavy atom. The molecule has 102 valence electrons. The molecule has 0 aliphatic rings. The molecule has 0 atom stereocenters. The highest BCUT2D eigenvalue weighted by atomic mass is 16.6. The van der Waals surface area contributed by atoms with E-state index in [0.29, 0.717) is 38.9 Å². The predicted molar refractivity (Wildman–Crippen MR) is 66.1 cm³/mol. The number of nitrogens with one attached hydrogen (secondary N) is 1. The topological polar surface area (TPSA) is 56.8 Å². The first-order valence-electron chi connectivity index (χ1n) is 6.12. The molecule has 0 aliphatic carbocycles. The normalized spacial score (nSPS) is 10.9. The van der Waals surface area contributed by atoms with Gasteiger partial charge < -0.3 is 19.5 Å². The molecule has 0 spiro atoms. The SMILES string of the molecule is CC(C)COC(=O)NCCOCCOC(C)C. The Morgan fingerprint density at radius 1 is 1.12 bits per heavy atom. The van der Waals surface area contributed by atoms with Crippen LogP contribution in [0.15, 0.2) is 0 Å². The van der Waals surface area contributed by atoms with Crippen LogP contribution in [0.3, 0.4) is 0 Å². The van der Waals surface area contributed by atoms with Crippen LogP contribution in [-0.4, -0.2) is 45.2 Å². The highest BCUT2D eigenvalue weighted by Crippen LogP contribution is 1.92. The van der Waals surface area contributed by atoms with Crippen LogP contribution in [-0.2, 0) is 14.2 Å². The van der Waals surface area contributed by atoms with Crippen LogP contribution in [0.25, 0.3) is 0 Å². The number of rotatable bonds is 9. The van der Waals surface area contributed by atoms with Crippen molar-refractivity contribution >= 4 is 6.09 Å². The van der Waals surface area contributed by atoms with Crippen LogP contribution in [0.1, 0.15) is 27.7 Å². The Labute approximate surface area is 104 Å². The molecule has 0 rings (SSSR count). The Morgan fingerprint density at radius 3 is 2.41 bits per heavy atom. The molecule has 0 radical (unpaired) electrons. The van der Waals surface area contributed by atoms with E-state index in [2.05, 4.69) is 5.32 Å². The third kappa shape index (κ3) is 13.1. The van der Waals surface area contributed by atoms with Gasteiger partial charge in [-0.1, -0.05) is 13.8 Å². The smallest absolute Gasteiger partial charge is 0.407 e. The van der Waals surface area contributed by atoms with Gasteiger partial charge in [-0.15, -0.1) is 0 Å². The summed E-state index contributed by atoms with van der Waals surface area (Å²) >= 11 is 0. The summed E-state index contributed by atoms with van der Waals surface area (Å²) in [6, 6.07) is 0. The molecule has 0 saturated carbocycles. The van der Waals surface area contributed by atoms with E-state index in [9.17, 15) is 4.79 Å². The Bertz CT molecular complexity index is 195. The van der Waals surface area contributed by atoms with Crippen LogP contribution in [0, 0.1) is 5.92 Å². The summed E-state index contributed by atoms with van der Waals surface area (Å²) in [4.78, 5) is 11.1. The van der Waals surface area contributed by atoms with E-state index in [0.717, 1.165) is 0 Å². The number of amides is 1. The first kappa shape index (κ1) is 16.2. The Balaban J connectivity index is 3.19. The molecule has 5 heteroatoms. The number of carbonyl (C=O) groups is 1. The zero-order valence-corrected chi connectivity index (χ0v) is 11.3. The summed E-state index contributed by atoms with van der Waals surface area (Å²) in [7, 11) is 0. The average Bonchev–Trinajstić information content (AvgIpc) is 2.24. The molecule has 0 aliphatic heterocycles. The number of hydrogen-bond acceptors (Lipinski definition) is 4. The summed E-state index contributed by atoms with van der Waals surface area (Å²) in [5.74, 6) is 0.352. The van der Waals surface area contributed by atoms with Crippen molar-refractivity contribution < 1.29 is 19.0 Å². The Hall–Kier alpha value is -0.810. The van der Waals surface area contributed by atoms with Gasteiger partial charge in [0.1, 0.15) is 0 Å². The molecule has 0 heterocycles. The molecule has 0 bridgehead atoms. The fraction of sp³-hybridized carbons (Fsp3) is 0.917. The van der Waals surface area contributed by atoms with Gasteiger partial charge >= 0.3 is 6.09 Å². The van der Waals surface area contributed by atoms with Crippen molar-refractivity contribution in [3.05, 3.63) is 0 Å². The molecule has 17 heavy (non-hydrogen) atoms. The molecule has 0 aromatic rings. The van der Waals surface area contributed by atoms with Crippen LogP contribution in [0.5, 0.6) is 0 Å². The van der Waals surface area contributed by atoms with Gasteiger partial charge in [0.25, 0.3) is 0 Å². The lowest BCUT2D eigenvalue weighted by Crippen LogP contribution is -2.29. The number of alkyl carbamates (subject to hydrolysis) is 1. The van der Waals surface area contributed by atoms with Gasteiger partial charge in [-0.05, 0) is 19.8 Å². The van der Waals surface area contributed by atoms with E-state index in [-0.39, 0.29) is 12.2 Å². The zero-order valence-electron chi connectivity index (χ0n) is 11.3. The molecule has 0 aromatic heterocycles. The molecular formula is C12H25NO4. The van der Waals surface area contributed by atoms with E-state index in [1.54, 1.807) is 0 Å². The third-order valence-corrected chi connectivity index (χ3v) is 1.74. The minimum atomic E-state index is -0.388. The third-order valence-electron chi connectivity index (χ3n) is 1.74. The van der Waals surface area contributed by atoms with Gasteiger partial charge in [0, 0.05) is 6.54 Å². The molecule has 0 unspecified atom stereocenters. The highest BCUT2D eigenvalue weighted by molar-refractivity contribution is 5.67. The van der Waals surface area contributed by atoms with Gasteiger partial charge in [0.05, 0.1) is 32.5 Å². The fourth-order valence-electron chi connectivity index (χ4n) is 0.963. The van der Waals surface area contributed by atoms with Crippen LogP contribution >= 0.6 is 0 Å². The summed E-state index contributed by atoms with van der Waals surface area (Å²) in [6.45, 7) is 10.4. The monoisotopic (exact) mass is 247 g/mol. The second-order valence-electron chi connectivity index (χ2n) is 4.45. The van der Waals surface area contributed by atoms with Gasteiger partial charge in [-0.3, -0.25) is 0 Å². The number of hydrogen-bond donors (Lipinski definition) is 1. The molecular weight excluding hydrogens is 222 g/mol. The van der Waals surface area contributed by atoms with Crippen molar-refractivity contribution in [2.75, 3.05) is 33.0 Å². The maximum atomic E-state index is 11.1. The van der Waals surface area contributed by atoms with Gasteiger partial charge in [-0.2, -0.15) is 0 Å². The lowest BCUT2D eigenvalue weighted by atomic mass is 10.2. The quantitative estimate of drug-likeness (QED) is 0.631. The highest BCUT2D eigenvalue weighted by Gasteiger charge is 2.02. The summed E-state index contributed by atoms with van der Waals surface area (Å²) in [5, 5.41) is 2.61. The average molecular weight is 247 g/mol. The van der Waals surface area contributed by atoms with E-state index < -0.39 is 0 Å². The fourth-order valence-corrected chi connectivity index (χ4v) is 0.963. The summed E-state index contributed by atoms with van der Waals surface area (Å²) in [6.07, 6.45) is -0.163. The first-order valence-corrected chi connectivity index (χ1v) is 6.12. The predicted octanol–water partition coefficient (Wildman–Crippen LogP) is 1.81. The lowest BCUT2D eigenvalue weighted by molar-refractivity contribution is 0.0202. The van der Waals surface area contributed by atoms with E-state index in [1.807, 2.05) is 27.7 Å². The summed E-state index contributed by atoms with van der Waals surface area (Å²) < 4.78 is 15.5. The standard InChI is InChI=1S/C12H25NO4/c1-10(2)9-17-12(14)13-5-6-15-7-8-16-11(3)4/h10-11H,5-9H2,1-4H3,(H,13,14). The lowest BCUT2D eigenvalue weighted by Gasteiger charge is -2.10. The molecule has 5 nitrogen and oxygen atoms in total. The van der Waals surface area contributed by atoms with Crippen molar-refractivity contribution in [3.8, 4) is 0 Å². The Kier molecular flexibility index (Phi) is 9.86.